The Morgan fingerprint density at radius 2 is 1.92 bits per heavy atom. The summed E-state index contributed by atoms with van der Waals surface area (Å²) in [6, 6.07) is 9.00. The molecule has 6 nitrogen and oxygen atoms in total. The van der Waals surface area contributed by atoms with Crippen molar-refractivity contribution >= 4 is 51.5 Å². The molecule has 2 saturated heterocycles. The summed E-state index contributed by atoms with van der Waals surface area (Å²) in [6.45, 7) is 2.13. The van der Waals surface area contributed by atoms with E-state index in [-0.39, 0.29) is 28.3 Å². The number of amides is 2. The zero-order valence-corrected chi connectivity index (χ0v) is 20.6. The zero-order chi connectivity index (χ0) is 25.4. The summed E-state index contributed by atoms with van der Waals surface area (Å²) >= 11 is 6.71. The third-order valence-electron chi connectivity index (χ3n) is 6.43. The van der Waals surface area contributed by atoms with Gasteiger partial charge in [0.25, 0.3) is 11.1 Å². The number of rotatable bonds is 5. The van der Waals surface area contributed by atoms with Crippen LogP contribution in [-0.4, -0.2) is 45.5 Å². The monoisotopic (exact) mass is 534 g/mol. The van der Waals surface area contributed by atoms with Crippen LogP contribution in [0.4, 0.5) is 18.0 Å². The average Bonchev–Trinajstić information content (AvgIpc) is 3.35. The second-order valence-electron chi connectivity index (χ2n) is 8.91. The minimum Gasteiger partial charge on any atom is -0.317 e. The van der Waals surface area contributed by atoms with E-state index in [0.717, 1.165) is 43.8 Å². The number of carbonyl (C=O) groups is 2. The van der Waals surface area contributed by atoms with Crippen molar-refractivity contribution in [1.82, 2.24) is 20.0 Å². The van der Waals surface area contributed by atoms with Crippen molar-refractivity contribution in [2.24, 2.45) is 5.92 Å². The summed E-state index contributed by atoms with van der Waals surface area (Å²) in [5.74, 6) is 0.0153. The van der Waals surface area contributed by atoms with E-state index in [2.05, 4.69) is 10.4 Å². The van der Waals surface area contributed by atoms with Crippen LogP contribution < -0.4 is 5.32 Å². The molecule has 2 amide bonds. The van der Waals surface area contributed by atoms with Gasteiger partial charge in [0.15, 0.2) is 0 Å². The largest absolute Gasteiger partial charge is 0.416 e. The normalized spacial score (nSPS) is 18.7. The second-order valence-corrected chi connectivity index (χ2v) is 10.3. The Kier molecular flexibility index (Phi) is 6.84. The molecule has 0 spiro atoms. The number of carbonyl (C=O) groups excluding carboxylic acids is 2. The van der Waals surface area contributed by atoms with Gasteiger partial charge in [-0.2, -0.15) is 18.3 Å². The molecular formula is C25H22ClF3N4O2S. The van der Waals surface area contributed by atoms with Gasteiger partial charge >= 0.3 is 6.18 Å². The van der Waals surface area contributed by atoms with E-state index < -0.39 is 11.7 Å². The number of hydrogen-bond donors (Lipinski definition) is 1. The molecule has 36 heavy (non-hydrogen) atoms. The molecule has 5 rings (SSSR count). The third kappa shape index (κ3) is 5.16. The molecule has 0 unspecified atom stereocenters. The highest BCUT2D eigenvalue weighted by molar-refractivity contribution is 8.18. The van der Waals surface area contributed by atoms with Gasteiger partial charge < -0.3 is 5.32 Å². The first-order chi connectivity index (χ1) is 17.2. The topological polar surface area (TPSA) is 67.2 Å². The van der Waals surface area contributed by atoms with Crippen LogP contribution in [0.25, 0.3) is 17.0 Å². The van der Waals surface area contributed by atoms with Gasteiger partial charge in [-0.1, -0.05) is 23.7 Å². The van der Waals surface area contributed by atoms with Crippen LogP contribution >= 0.6 is 23.4 Å². The Labute approximate surface area is 214 Å². The maximum atomic E-state index is 13.5. The van der Waals surface area contributed by atoms with Crippen molar-refractivity contribution in [1.29, 1.82) is 0 Å². The number of piperidine rings is 1. The van der Waals surface area contributed by atoms with Crippen LogP contribution in [0.5, 0.6) is 0 Å². The van der Waals surface area contributed by atoms with Crippen molar-refractivity contribution in [3.05, 3.63) is 69.2 Å². The van der Waals surface area contributed by atoms with Gasteiger partial charge in [-0.3, -0.25) is 19.2 Å². The van der Waals surface area contributed by atoms with E-state index in [1.165, 1.54) is 21.7 Å². The molecule has 0 aliphatic carbocycles. The summed E-state index contributed by atoms with van der Waals surface area (Å²) in [6.07, 6.45) is 0.570. The summed E-state index contributed by atoms with van der Waals surface area (Å²) in [7, 11) is 0. The standard InChI is InChI=1S/C25H22ClF3N4O2S/c26-19-3-2-17(20(11-19)25(27,28)29)14-33-21-4-1-16(9-18(21)12-31-33)10-22-23(34)32(24(35)36-22)13-15-5-7-30-8-6-15/h1-4,9-12,15,30H,5-8,13-14H2/b22-10-. The number of hydrogen-bond acceptors (Lipinski definition) is 5. The lowest BCUT2D eigenvalue weighted by atomic mass is 9.97. The van der Waals surface area contributed by atoms with E-state index in [9.17, 15) is 22.8 Å². The van der Waals surface area contributed by atoms with Gasteiger partial charge in [-0.25, -0.2) is 0 Å². The Morgan fingerprint density at radius 3 is 2.67 bits per heavy atom. The van der Waals surface area contributed by atoms with Gasteiger partial charge in [-0.05, 0) is 85.1 Å². The van der Waals surface area contributed by atoms with Crippen LogP contribution in [0, 0.1) is 5.92 Å². The molecule has 0 bridgehead atoms. The van der Waals surface area contributed by atoms with E-state index in [1.54, 1.807) is 30.5 Å². The molecule has 0 radical (unpaired) electrons. The quantitative estimate of drug-likeness (QED) is 0.420. The number of thioether (sulfide) groups is 1. The fourth-order valence-corrected chi connectivity index (χ4v) is 5.58. The number of nitrogens with one attached hydrogen (secondary N) is 1. The summed E-state index contributed by atoms with van der Waals surface area (Å²) in [5, 5.41) is 8.01. The van der Waals surface area contributed by atoms with E-state index in [1.807, 2.05) is 0 Å². The first-order valence-electron chi connectivity index (χ1n) is 11.5. The van der Waals surface area contributed by atoms with Crippen molar-refractivity contribution in [2.75, 3.05) is 19.6 Å². The predicted octanol–water partition coefficient (Wildman–Crippen LogP) is 5.79. The molecular weight excluding hydrogens is 513 g/mol. The van der Waals surface area contributed by atoms with Gasteiger partial charge in [0.05, 0.1) is 28.7 Å². The van der Waals surface area contributed by atoms with Crippen LogP contribution in [0.15, 0.2) is 47.5 Å². The minimum atomic E-state index is -4.53. The van der Waals surface area contributed by atoms with E-state index in [0.29, 0.717) is 33.8 Å². The smallest absolute Gasteiger partial charge is 0.317 e. The average molecular weight is 535 g/mol. The number of fused-ring (bicyclic) bond motifs is 1. The lowest BCUT2D eigenvalue weighted by Crippen LogP contribution is -2.38. The van der Waals surface area contributed by atoms with E-state index >= 15 is 0 Å². The number of aromatic nitrogens is 2. The van der Waals surface area contributed by atoms with Gasteiger partial charge in [0.2, 0.25) is 0 Å². The molecule has 11 heteroatoms. The first-order valence-corrected chi connectivity index (χ1v) is 12.7. The molecule has 3 aromatic rings. The molecule has 0 saturated carbocycles. The fraction of sp³-hybridized carbons (Fsp3) is 0.320. The maximum absolute atomic E-state index is 13.5. The first kappa shape index (κ1) is 24.9. The molecule has 1 N–H and O–H groups in total. The summed E-state index contributed by atoms with van der Waals surface area (Å²) in [5.41, 5.74) is 0.616. The number of halogens is 4. The lowest BCUT2D eigenvalue weighted by molar-refractivity contribution is -0.138. The molecule has 2 aromatic carbocycles. The molecule has 2 aliphatic rings. The number of alkyl halides is 3. The van der Waals surface area contributed by atoms with Gasteiger partial charge in [0.1, 0.15) is 0 Å². The Bertz CT molecular complexity index is 1370. The SMILES string of the molecule is O=C1S/C(=C\c2ccc3c(cnn3Cc3ccc(Cl)cc3C(F)(F)F)c2)C(=O)N1CC1CCNCC1. The zero-order valence-electron chi connectivity index (χ0n) is 19.0. The lowest BCUT2D eigenvalue weighted by Gasteiger charge is -2.25. The highest BCUT2D eigenvalue weighted by Gasteiger charge is 2.36. The molecule has 2 fully saturated rings. The second kappa shape index (κ2) is 9.91. The maximum Gasteiger partial charge on any atom is 0.416 e. The summed E-state index contributed by atoms with van der Waals surface area (Å²) < 4.78 is 41.9. The molecule has 3 heterocycles. The molecule has 2 aliphatic heterocycles. The molecule has 188 valence electrons. The van der Waals surface area contributed by atoms with Crippen LogP contribution in [0.3, 0.4) is 0 Å². The molecule has 0 atom stereocenters. The van der Waals surface area contributed by atoms with Crippen LogP contribution in [0.1, 0.15) is 29.5 Å². The minimum absolute atomic E-state index is 0.0150. The third-order valence-corrected chi connectivity index (χ3v) is 7.58. The number of imide groups is 1. The highest BCUT2D eigenvalue weighted by Crippen LogP contribution is 2.36. The van der Waals surface area contributed by atoms with Crippen LogP contribution in [-0.2, 0) is 17.5 Å². The van der Waals surface area contributed by atoms with E-state index in [4.69, 9.17) is 11.6 Å². The van der Waals surface area contributed by atoms with Crippen molar-refractivity contribution < 1.29 is 22.8 Å². The highest BCUT2D eigenvalue weighted by atomic mass is 35.5. The predicted molar refractivity (Wildman–Crippen MR) is 134 cm³/mol. The Morgan fingerprint density at radius 1 is 1.14 bits per heavy atom. The number of nitrogens with zero attached hydrogens (tertiary/aromatic N) is 3. The van der Waals surface area contributed by atoms with Crippen LogP contribution in [0.2, 0.25) is 5.02 Å². The summed E-state index contributed by atoms with van der Waals surface area (Å²) in [4.78, 5) is 27.0. The Balaban J connectivity index is 1.36. The Hall–Kier alpha value is -2.82. The van der Waals surface area contributed by atoms with Crippen molar-refractivity contribution in [2.45, 2.75) is 25.6 Å². The fourth-order valence-electron chi connectivity index (χ4n) is 4.56. The van der Waals surface area contributed by atoms with Crippen molar-refractivity contribution in [3.63, 3.8) is 0 Å². The van der Waals surface area contributed by atoms with Gasteiger partial charge in [-0.15, -0.1) is 0 Å². The van der Waals surface area contributed by atoms with Crippen molar-refractivity contribution in [3.8, 4) is 0 Å². The molecule has 1 aromatic heterocycles. The number of benzene rings is 2. The van der Waals surface area contributed by atoms with Gasteiger partial charge in [0, 0.05) is 17.0 Å².